The highest BCUT2D eigenvalue weighted by atomic mass is 16.3. The second-order valence-electron chi connectivity index (χ2n) is 7.06. The van der Waals surface area contributed by atoms with Crippen molar-refractivity contribution in [2.24, 2.45) is 5.41 Å². The SMILES string of the molecule is CN1CCC(CC(C)(C)C)(c2cccc(O)c2)C1. The van der Waals surface area contributed by atoms with Gasteiger partial charge in [-0.25, -0.2) is 0 Å². The molecular weight excluding hydrogens is 222 g/mol. The Morgan fingerprint density at radius 2 is 2.06 bits per heavy atom. The van der Waals surface area contributed by atoms with Crippen molar-refractivity contribution in [3.8, 4) is 5.75 Å². The molecule has 2 rings (SSSR count). The van der Waals surface area contributed by atoms with Crippen LogP contribution in [0.4, 0.5) is 0 Å². The van der Waals surface area contributed by atoms with Crippen LogP contribution in [0.5, 0.6) is 5.75 Å². The molecule has 1 aliphatic heterocycles. The molecule has 100 valence electrons. The van der Waals surface area contributed by atoms with Crippen molar-refractivity contribution in [3.63, 3.8) is 0 Å². The minimum Gasteiger partial charge on any atom is -0.508 e. The van der Waals surface area contributed by atoms with Gasteiger partial charge in [-0.05, 0) is 49.5 Å². The van der Waals surface area contributed by atoms with E-state index < -0.39 is 0 Å². The van der Waals surface area contributed by atoms with Gasteiger partial charge >= 0.3 is 0 Å². The number of likely N-dealkylation sites (tertiary alicyclic amines) is 1. The number of benzene rings is 1. The van der Waals surface area contributed by atoms with Crippen LogP contribution in [-0.4, -0.2) is 30.1 Å². The van der Waals surface area contributed by atoms with Crippen molar-refractivity contribution in [2.75, 3.05) is 20.1 Å². The number of hydrogen-bond donors (Lipinski definition) is 1. The van der Waals surface area contributed by atoms with E-state index in [2.05, 4.69) is 38.8 Å². The molecule has 0 amide bonds. The third-order valence-corrected chi connectivity index (χ3v) is 3.87. The first kappa shape index (κ1) is 13.4. The molecule has 0 aromatic heterocycles. The van der Waals surface area contributed by atoms with Crippen LogP contribution >= 0.6 is 0 Å². The zero-order valence-corrected chi connectivity index (χ0v) is 12.0. The van der Waals surface area contributed by atoms with Gasteiger partial charge in [0, 0.05) is 12.0 Å². The van der Waals surface area contributed by atoms with Gasteiger partial charge in [0.05, 0.1) is 0 Å². The minimum absolute atomic E-state index is 0.200. The molecule has 0 radical (unpaired) electrons. The first-order chi connectivity index (χ1) is 8.31. The molecule has 1 fully saturated rings. The lowest BCUT2D eigenvalue weighted by atomic mass is 9.69. The van der Waals surface area contributed by atoms with E-state index in [1.54, 1.807) is 6.07 Å². The number of nitrogens with zero attached hydrogens (tertiary/aromatic N) is 1. The van der Waals surface area contributed by atoms with Gasteiger partial charge in [0.15, 0.2) is 0 Å². The Morgan fingerprint density at radius 3 is 2.56 bits per heavy atom. The van der Waals surface area contributed by atoms with Crippen LogP contribution in [0, 0.1) is 5.41 Å². The maximum absolute atomic E-state index is 9.74. The smallest absolute Gasteiger partial charge is 0.115 e. The second-order valence-corrected chi connectivity index (χ2v) is 7.06. The molecule has 1 aromatic carbocycles. The van der Waals surface area contributed by atoms with Crippen LogP contribution in [0.2, 0.25) is 0 Å². The highest BCUT2D eigenvalue weighted by molar-refractivity contribution is 5.34. The first-order valence-electron chi connectivity index (χ1n) is 6.79. The van der Waals surface area contributed by atoms with Gasteiger partial charge in [-0.15, -0.1) is 0 Å². The fraction of sp³-hybridized carbons (Fsp3) is 0.625. The van der Waals surface area contributed by atoms with Gasteiger partial charge in [-0.3, -0.25) is 0 Å². The topological polar surface area (TPSA) is 23.5 Å². The fourth-order valence-electron chi connectivity index (χ4n) is 3.41. The third-order valence-electron chi connectivity index (χ3n) is 3.87. The number of hydrogen-bond acceptors (Lipinski definition) is 2. The summed E-state index contributed by atoms with van der Waals surface area (Å²) in [6.07, 6.45) is 2.35. The standard InChI is InChI=1S/C16H25NO/c1-15(2,3)11-16(8-9-17(4)12-16)13-6-5-7-14(18)10-13/h5-7,10,18H,8-9,11-12H2,1-4H3. The number of aromatic hydroxyl groups is 1. The molecule has 18 heavy (non-hydrogen) atoms. The molecule has 1 N–H and O–H groups in total. The number of phenols is 1. The van der Waals surface area contributed by atoms with E-state index in [1.807, 2.05) is 12.1 Å². The van der Waals surface area contributed by atoms with Crippen LogP contribution in [-0.2, 0) is 5.41 Å². The van der Waals surface area contributed by atoms with E-state index >= 15 is 0 Å². The van der Waals surface area contributed by atoms with E-state index in [0.29, 0.717) is 11.2 Å². The fourth-order valence-corrected chi connectivity index (χ4v) is 3.41. The highest BCUT2D eigenvalue weighted by Crippen LogP contribution is 2.43. The van der Waals surface area contributed by atoms with Crippen molar-refractivity contribution < 1.29 is 5.11 Å². The summed E-state index contributed by atoms with van der Waals surface area (Å²) < 4.78 is 0. The molecule has 0 saturated carbocycles. The summed E-state index contributed by atoms with van der Waals surface area (Å²) in [5, 5.41) is 9.74. The first-order valence-corrected chi connectivity index (χ1v) is 6.79. The van der Waals surface area contributed by atoms with Crippen LogP contribution in [0.15, 0.2) is 24.3 Å². The second kappa shape index (κ2) is 4.58. The van der Waals surface area contributed by atoms with E-state index in [0.717, 1.165) is 19.5 Å². The summed E-state index contributed by atoms with van der Waals surface area (Å²) in [4.78, 5) is 2.40. The lowest BCUT2D eigenvalue weighted by Crippen LogP contribution is -2.34. The number of phenolic OH excluding ortho intramolecular Hbond substituents is 1. The van der Waals surface area contributed by atoms with Gasteiger partial charge in [0.25, 0.3) is 0 Å². The van der Waals surface area contributed by atoms with Crippen molar-refractivity contribution in [2.45, 2.75) is 39.0 Å². The minimum atomic E-state index is 0.200. The zero-order chi connectivity index (χ0) is 13.4. The monoisotopic (exact) mass is 247 g/mol. The Bertz CT molecular complexity index is 421. The highest BCUT2D eigenvalue weighted by Gasteiger charge is 2.41. The number of likely N-dealkylation sites (N-methyl/N-ethyl adjacent to an activating group) is 1. The molecule has 0 bridgehead atoms. The van der Waals surface area contributed by atoms with Gasteiger partial charge in [-0.1, -0.05) is 32.9 Å². The molecular formula is C16H25NO. The third kappa shape index (κ3) is 2.86. The summed E-state index contributed by atoms with van der Waals surface area (Å²) in [6, 6.07) is 7.84. The predicted molar refractivity (Wildman–Crippen MR) is 76.0 cm³/mol. The number of rotatable bonds is 2. The molecule has 1 aromatic rings. The van der Waals surface area contributed by atoms with Crippen molar-refractivity contribution in [3.05, 3.63) is 29.8 Å². The average Bonchev–Trinajstić information content (AvgIpc) is 2.58. The van der Waals surface area contributed by atoms with E-state index in [9.17, 15) is 5.11 Å². The normalized spacial score (nSPS) is 25.6. The van der Waals surface area contributed by atoms with Gasteiger partial charge in [-0.2, -0.15) is 0 Å². The molecule has 1 aliphatic rings. The predicted octanol–water partition coefficient (Wildman–Crippen LogP) is 3.40. The summed E-state index contributed by atoms with van der Waals surface area (Å²) >= 11 is 0. The van der Waals surface area contributed by atoms with Crippen molar-refractivity contribution >= 4 is 0 Å². The Hall–Kier alpha value is -1.02. The van der Waals surface area contributed by atoms with Crippen LogP contribution < -0.4 is 0 Å². The van der Waals surface area contributed by atoms with Gasteiger partial charge in [0.1, 0.15) is 5.75 Å². The maximum atomic E-state index is 9.74. The van der Waals surface area contributed by atoms with E-state index in [1.165, 1.54) is 12.0 Å². The van der Waals surface area contributed by atoms with Gasteiger partial charge < -0.3 is 10.0 Å². The molecule has 2 nitrogen and oxygen atoms in total. The van der Waals surface area contributed by atoms with Crippen LogP contribution in [0.25, 0.3) is 0 Å². The summed E-state index contributed by atoms with van der Waals surface area (Å²) in [5.74, 6) is 0.385. The Balaban J connectivity index is 2.37. The maximum Gasteiger partial charge on any atom is 0.115 e. The molecule has 1 atom stereocenters. The summed E-state index contributed by atoms with van der Waals surface area (Å²) in [5.41, 5.74) is 1.80. The Labute approximate surface area is 111 Å². The van der Waals surface area contributed by atoms with E-state index in [-0.39, 0.29) is 5.41 Å². The molecule has 2 heteroatoms. The lowest BCUT2D eigenvalue weighted by molar-refractivity contribution is 0.249. The molecule has 1 heterocycles. The molecule has 1 saturated heterocycles. The largest absolute Gasteiger partial charge is 0.508 e. The van der Waals surface area contributed by atoms with Crippen LogP contribution in [0.1, 0.15) is 39.2 Å². The molecule has 0 aliphatic carbocycles. The summed E-state index contributed by atoms with van der Waals surface area (Å²) in [7, 11) is 2.19. The van der Waals surface area contributed by atoms with Crippen LogP contribution in [0.3, 0.4) is 0 Å². The lowest BCUT2D eigenvalue weighted by Gasteiger charge is -2.36. The Kier molecular flexibility index (Phi) is 3.41. The Morgan fingerprint density at radius 1 is 1.33 bits per heavy atom. The van der Waals surface area contributed by atoms with Crippen molar-refractivity contribution in [1.29, 1.82) is 0 Å². The molecule has 0 spiro atoms. The van der Waals surface area contributed by atoms with E-state index in [4.69, 9.17) is 0 Å². The molecule has 1 unspecified atom stereocenters. The quantitative estimate of drug-likeness (QED) is 0.866. The zero-order valence-electron chi connectivity index (χ0n) is 12.0. The summed E-state index contributed by atoms with van der Waals surface area (Å²) in [6.45, 7) is 9.14. The average molecular weight is 247 g/mol. The van der Waals surface area contributed by atoms with Crippen molar-refractivity contribution in [1.82, 2.24) is 4.90 Å². The van der Waals surface area contributed by atoms with Gasteiger partial charge in [0.2, 0.25) is 0 Å².